The van der Waals surface area contributed by atoms with Crippen LogP contribution in [0.1, 0.15) is 18.5 Å². The van der Waals surface area contributed by atoms with E-state index in [2.05, 4.69) is 25.3 Å². The number of pyridine rings is 1. The van der Waals surface area contributed by atoms with Gasteiger partial charge in [-0.15, -0.1) is 0 Å². The number of carbonyl (C=O) groups is 1. The molecule has 0 spiro atoms. The average molecular weight is 314 g/mol. The molecule has 1 N–H and O–H groups in total. The Kier molecular flexibility index (Phi) is 5.31. The molecule has 1 aliphatic heterocycles. The molecule has 0 saturated carbocycles. The zero-order chi connectivity index (χ0) is 15.9. The quantitative estimate of drug-likeness (QED) is 0.849. The van der Waals surface area contributed by atoms with Gasteiger partial charge >= 0.3 is 0 Å². The van der Waals surface area contributed by atoms with Crippen molar-refractivity contribution in [3.05, 3.63) is 42.7 Å². The smallest absolute Gasteiger partial charge is 0.234 e. The van der Waals surface area contributed by atoms with Crippen molar-refractivity contribution in [3.63, 3.8) is 0 Å². The molecule has 122 valence electrons. The maximum atomic E-state index is 12.1. The molecule has 0 unspecified atom stereocenters. The molecule has 2 aromatic rings. The van der Waals surface area contributed by atoms with Gasteiger partial charge in [0.1, 0.15) is 12.7 Å². The Morgan fingerprint density at radius 3 is 3.13 bits per heavy atom. The molecule has 2 aromatic heterocycles. The maximum absolute atomic E-state index is 12.1. The summed E-state index contributed by atoms with van der Waals surface area (Å²) in [5, 5.41) is 7.10. The average Bonchev–Trinajstić information content (AvgIpc) is 3.07. The van der Waals surface area contributed by atoms with Crippen molar-refractivity contribution >= 4 is 5.91 Å². The van der Waals surface area contributed by atoms with Crippen LogP contribution in [0.25, 0.3) is 0 Å². The summed E-state index contributed by atoms with van der Waals surface area (Å²) < 4.78 is 1.87. The molecule has 1 fully saturated rings. The van der Waals surface area contributed by atoms with Crippen LogP contribution in [0.5, 0.6) is 0 Å². The van der Waals surface area contributed by atoms with Gasteiger partial charge in [0, 0.05) is 19.3 Å². The number of nitrogens with zero attached hydrogens (tertiary/aromatic N) is 5. The number of carbonyl (C=O) groups excluding carboxylic acids is 1. The van der Waals surface area contributed by atoms with E-state index in [4.69, 9.17) is 0 Å². The predicted molar refractivity (Wildman–Crippen MR) is 85.3 cm³/mol. The summed E-state index contributed by atoms with van der Waals surface area (Å²) in [6, 6.07) is 5.71. The van der Waals surface area contributed by atoms with Crippen molar-refractivity contribution in [1.29, 1.82) is 0 Å². The molecule has 3 heterocycles. The normalized spacial score (nSPS) is 18.7. The van der Waals surface area contributed by atoms with Crippen molar-refractivity contribution in [1.82, 2.24) is 30.0 Å². The Bertz CT molecular complexity index is 600. The van der Waals surface area contributed by atoms with Crippen molar-refractivity contribution in [2.75, 3.05) is 19.6 Å². The molecule has 1 amide bonds. The first-order valence-electron chi connectivity index (χ1n) is 8.01. The SMILES string of the molecule is O=C(CN1CCC[C@H](Cn2cncn2)C1)NCc1ccccn1. The summed E-state index contributed by atoms with van der Waals surface area (Å²) in [6.45, 7) is 3.70. The first-order valence-corrected chi connectivity index (χ1v) is 8.01. The molecule has 0 radical (unpaired) electrons. The Balaban J connectivity index is 1.42. The van der Waals surface area contributed by atoms with Crippen LogP contribution >= 0.6 is 0 Å². The fourth-order valence-electron chi connectivity index (χ4n) is 2.99. The lowest BCUT2D eigenvalue weighted by Crippen LogP contribution is -2.43. The topological polar surface area (TPSA) is 75.9 Å². The van der Waals surface area contributed by atoms with Crippen molar-refractivity contribution in [3.8, 4) is 0 Å². The van der Waals surface area contributed by atoms with E-state index in [0.717, 1.165) is 31.7 Å². The van der Waals surface area contributed by atoms with Crippen molar-refractivity contribution < 1.29 is 4.79 Å². The molecule has 0 aliphatic carbocycles. The van der Waals surface area contributed by atoms with Gasteiger partial charge in [-0.1, -0.05) is 6.07 Å². The molecular formula is C16H22N6O. The molecule has 7 heteroatoms. The molecule has 3 rings (SSSR count). The van der Waals surface area contributed by atoms with Gasteiger partial charge < -0.3 is 5.32 Å². The van der Waals surface area contributed by atoms with Crippen LogP contribution < -0.4 is 5.32 Å². The van der Waals surface area contributed by atoms with E-state index in [-0.39, 0.29) is 5.91 Å². The molecule has 1 atom stereocenters. The van der Waals surface area contributed by atoms with Crippen LogP contribution in [0.2, 0.25) is 0 Å². The van der Waals surface area contributed by atoms with Crippen LogP contribution in [-0.2, 0) is 17.9 Å². The fraction of sp³-hybridized carbons (Fsp3) is 0.500. The van der Waals surface area contributed by atoms with Gasteiger partial charge in [-0.25, -0.2) is 4.98 Å². The number of nitrogens with one attached hydrogen (secondary N) is 1. The highest BCUT2D eigenvalue weighted by Gasteiger charge is 2.22. The second-order valence-electron chi connectivity index (χ2n) is 5.96. The Morgan fingerprint density at radius 1 is 1.39 bits per heavy atom. The van der Waals surface area contributed by atoms with E-state index in [9.17, 15) is 4.79 Å². The zero-order valence-electron chi connectivity index (χ0n) is 13.1. The van der Waals surface area contributed by atoms with E-state index >= 15 is 0 Å². The lowest BCUT2D eigenvalue weighted by Gasteiger charge is -2.32. The number of hydrogen-bond donors (Lipinski definition) is 1. The standard InChI is InChI=1S/C16H22N6O/c23-16(19-8-15-5-1-2-6-18-15)11-21-7-3-4-14(9-21)10-22-13-17-12-20-22/h1-2,5-6,12-14H,3-4,7-11H2,(H,19,23)/t14-/m0/s1. The van der Waals surface area contributed by atoms with Gasteiger partial charge in [0.25, 0.3) is 0 Å². The summed E-state index contributed by atoms with van der Waals surface area (Å²) >= 11 is 0. The van der Waals surface area contributed by atoms with E-state index in [1.807, 2.05) is 22.9 Å². The molecule has 1 aliphatic rings. The van der Waals surface area contributed by atoms with Crippen molar-refractivity contribution in [2.45, 2.75) is 25.9 Å². The van der Waals surface area contributed by atoms with Crippen LogP contribution in [0.3, 0.4) is 0 Å². The lowest BCUT2D eigenvalue weighted by molar-refractivity contribution is -0.122. The fourth-order valence-corrected chi connectivity index (χ4v) is 2.99. The van der Waals surface area contributed by atoms with Gasteiger partial charge in [0.05, 0.1) is 18.8 Å². The highest BCUT2D eigenvalue weighted by atomic mass is 16.2. The van der Waals surface area contributed by atoms with Crippen LogP contribution in [0, 0.1) is 5.92 Å². The minimum absolute atomic E-state index is 0.0528. The number of aromatic nitrogens is 4. The number of hydrogen-bond acceptors (Lipinski definition) is 5. The Morgan fingerprint density at radius 2 is 2.35 bits per heavy atom. The highest BCUT2D eigenvalue weighted by Crippen LogP contribution is 2.17. The van der Waals surface area contributed by atoms with E-state index < -0.39 is 0 Å². The van der Waals surface area contributed by atoms with E-state index in [1.54, 1.807) is 18.9 Å². The first-order chi connectivity index (χ1) is 11.3. The minimum Gasteiger partial charge on any atom is -0.349 e. The second-order valence-corrected chi connectivity index (χ2v) is 5.96. The Hall–Kier alpha value is -2.28. The third-order valence-electron chi connectivity index (χ3n) is 4.07. The molecule has 23 heavy (non-hydrogen) atoms. The molecule has 0 aromatic carbocycles. The predicted octanol–water partition coefficient (Wildman–Crippen LogP) is 0.702. The van der Waals surface area contributed by atoms with Gasteiger partial charge in [-0.3, -0.25) is 19.4 Å². The number of likely N-dealkylation sites (tertiary alicyclic amines) is 1. The monoisotopic (exact) mass is 314 g/mol. The third kappa shape index (κ3) is 4.85. The summed E-state index contributed by atoms with van der Waals surface area (Å²) in [5.74, 6) is 0.575. The second kappa shape index (κ2) is 7.82. The highest BCUT2D eigenvalue weighted by molar-refractivity contribution is 5.77. The molecule has 0 bridgehead atoms. The number of piperidine rings is 1. The van der Waals surface area contributed by atoms with Gasteiger partial charge in [-0.05, 0) is 37.4 Å². The van der Waals surface area contributed by atoms with E-state index in [0.29, 0.717) is 19.0 Å². The largest absolute Gasteiger partial charge is 0.349 e. The summed E-state index contributed by atoms with van der Waals surface area (Å²) in [5.41, 5.74) is 0.878. The van der Waals surface area contributed by atoms with Gasteiger partial charge in [-0.2, -0.15) is 5.10 Å². The zero-order valence-corrected chi connectivity index (χ0v) is 13.1. The third-order valence-corrected chi connectivity index (χ3v) is 4.07. The number of amides is 1. The Labute approximate surface area is 135 Å². The number of rotatable bonds is 6. The maximum Gasteiger partial charge on any atom is 0.234 e. The van der Waals surface area contributed by atoms with Gasteiger partial charge in [0.15, 0.2) is 0 Å². The first kappa shape index (κ1) is 15.6. The lowest BCUT2D eigenvalue weighted by atomic mass is 9.98. The van der Waals surface area contributed by atoms with Crippen LogP contribution in [-0.4, -0.2) is 50.2 Å². The minimum atomic E-state index is 0.0528. The summed E-state index contributed by atoms with van der Waals surface area (Å²) in [6.07, 6.45) is 7.34. The van der Waals surface area contributed by atoms with Crippen LogP contribution in [0.4, 0.5) is 0 Å². The molecular weight excluding hydrogens is 292 g/mol. The van der Waals surface area contributed by atoms with E-state index in [1.165, 1.54) is 6.42 Å². The van der Waals surface area contributed by atoms with Crippen LogP contribution in [0.15, 0.2) is 37.1 Å². The summed E-state index contributed by atoms with van der Waals surface area (Å²) in [4.78, 5) is 22.5. The molecule has 1 saturated heterocycles. The molecule has 7 nitrogen and oxygen atoms in total. The van der Waals surface area contributed by atoms with Crippen molar-refractivity contribution in [2.24, 2.45) is 5.92 Å². The van der Waals surface area contributed by atoms with Gasteiger partial charge in [0.2, 0.25) is 5.91 Å². The summed E-state index contributed by atoms with van der Waals surface area (Å²) in [7, 11) is 0.